The monoisotopic (exact) mass is 263 g/mol. The topological polar surface area (TPSA) is 69.4 Å². The highest BCUT2D eigenvalue weighted by Crippen LogP contribution is 2.27. The second-order valence-corrected chi connectivity index (χ2v) is 4.17. The summed E-state index contributed by atoms with van der Waals surface area (Å²) >= 11 is 0. The summed E-state index contributed by atoms with van der Waals surface area (Å²) in [4.78, 5) is 4.10. The predicted molar refractivity (Wildman–Crippen MR) is 69.2 cm³/mol. The fourth-order valence-corrected chi connectivity index (χ4v) is 1.82. The van der Waals surface area contributed by atoms with Crippen molar-refractivity contribution < 1.29 is 14.6 Å². The van der Waals surface area contributed by atoms with Crippen molar-refractivity contribution in [3.63, 3.8) is 0 Å². The van der Waals surface area contributed by atoms with Crippen molar-refractivity contribution in [2.24, 2.45) is 7.05 Å². The average Bonchev–Trinajstić information content (AvgIpc) is 2.83. The maximum absolute atomic E-state index is 10.3. The summed E-state index contributed by atoms with van der Waals surface area (Å²) in [7, 11) is 4.95. The number of aryl methyl sites for hydroxylation is 1. The molecule has 0 radical (unpaired) electrons. The summed E-state index contributed by atoms with van der Waals surface area (Å²) in [6.45, 7) is 0. The van der Waals surface area contributed by atoms with E-state index in [0.717, 1.165) is 5.56 Å². The van der Waals surface area contributed by atoms with Gasteiger partial charge in [-0.25, -0.2) is 4.98 Å². The van der Waals surface area contributed by atoms with Gasteiger partial charge in [0.05, 0.1) is 20.3 Å². The van der Waals surface area contributed by atoms with E-state index in [9.17, 15) is 5.11 Å². The minimum atomic E-state index is -0.688. The van der Waals surface area contributed by atoms with E-state index in [2.05, 4.69) is 10.1 Å². The number of nitrogens with zero attached hydrogens (tertiary/aromatic N) is 3. The highest BCUT2D eigenvalue weighted by Gasteiger charge is 2.14. The average molecular weight is 263 g/mol. The van der Waals surface area contributed by atoms with Crippen molar-refractivity contribution in [1.82, 2.24) is 14.8 Å². The molecule has 0 saturated heterocycles. The van der Waals surface area contributed by atoms with Crippen LogP contribution in [0.15, 0.2) is 24.5 Å². The molecular formula is C13H17N3O3. The molecule has 0 bridgehead atoms. The van der Waals surface area contributed by atoms with E-state index in [-0.39, 0.29) is 0 Å². The van der Waals surface area contributed by atoms with Crippen LogP contribution in [0.4, 0.5) is 0 Å². The minimum Gasteiger partial charge on any atom is -0.497 e. The van der Waals surface area contributed by atoms with Crippen molar-refractivity contribution in [2.45, 2.75) is 12.5 Å². The molecule has 1 atom stereocenters. The first kappa shape index (κ1) is 13.4. The quantitative estimate of drug-likeness (QED) is 0.875. The van der Waals surface area contributed by atoms with Crippen LogP contribution in [0, 0.1) is 0 Å². The standard InChI is InChI=1S/C13H17N3O3/c1-16-13(14-8-15-16)7-12(17)9-4-10(18-2)6-11(5-9)19-3/h4-6,8,12,17H,7H2,1-3H3. The van der Waals surface area contributed by atoms with Crippen LogP contribution in [0.1, 0.15) is 17.5 Å². The molecule has 0 amide bonds. The third-order valence-electron chi connectivity index (χ3n) is 2.94. The van der Waals surface area contributed by atoms with Gasteiger partial charge in [0.2, 0.25) is 0 Å². The maximum atomic E-state index is 10.3. The normalized spacial score (nSPS) is 12.2. The van der Waals surface area contributed by atoms with E-state index in [1.807, 2.05) is 0 Å². The molecule has 1 aromatic carbocycles. The fraction of sp³-hybridized carbons (Fsp3) is 0.385. The molecule has 19 heavy (non-hydrogen) atoms. The summed E-state index contributed by atoms with van der Waals surface area (Å²) in [5.41, 5.74) is 0.721. The van der Waals surface area contributed by atoms with Gasteiger partial charge in [-0.3, -0.25) is 4.68 Å². The van der Waals surface area contributed by atoms with E-state index >= 15 is 0 Å². The second-order valence-electron chi connectivity index (χ2n) is 4.17. The number of aromatic nitrogens is 3. The Bertz CT molecular complexity index is 532. The summed E-state index contributed by atoms with van der Waals surface area (Å²) in [6, 6.07) is 5.33. The lowest BCUT2D eigenvalue weighted by molar-refractivity contribution is 0.173. The predicted octanol–water partition coefficient (Wildman–Crippen LogP) is 1.11. The van der Waals surface area contributed by atoms with Gasteiger partial charge >= 0.3 is 0 Å². The summed E-state index contributed by atoms with van der Waals surface area (Å²) in [5.74, 6) is 2.01. The zero-order chi connectivity index (χ0) is 13.8. The summed E-state index contributed by atoms with van der Waals surface area (Å²) in [6.07, 6.45) is 1.16. The molecule has 0 aliphatic carbocycles. The first-order valence-electron chi connectivity index (χ1n) is 5.88. The van der Waals surface area contributed by atoms with Crippen LogP contribution >= 0.6 is 0 Å². The molecule has 0 aliphatic rings. The Hall–Kier alpha value is -2.08. The number of hydrogen-bond donors (Lipinski definition) is 1. The lowest BCUT2D eigenvalue weighted by Crippen LogP contribution is -2.08. The third kappa shape index (κ3) is 3.03. The molecule has 6 heteroatoms. The van der Waals surface area contributed by atoms with Crippen molar-refractivity contribution in [3.8, 4) is 11.5 Å². The Balaban J connectivity index is 2.23. The molecule has 2 rings (SSSR count). The van der Waals surface area contributed by atoms with Gasteiger partial charge in [-0.15, -0.1) is 0 Å². The zero-order valence-corrected chi connectivity index (χ0v) is 11.2. The lowest BCUT2D eigenvalue weighted by atomic mass is 10.1. The number of aliphatic hydroxyl groups is 1. The zero-order valence-electron chi connectivity index (χ0n) is 11.2. The van der Waals surface area contributed by atoms with Crippen LogP contribution in [0.3, 0.4) is 0 Å². The van der Waals surface area contributed by atoms with E-state index in [1.165, 1.54) is 6.33 Å². The summed E-state index contributed by atoms with van der Waals surface area (Å²) < 4.78 is 12.0. The van der Waals surface area contributed by atoms with Crippen LogP contribution in [0.25, 0.3) is 0 Å². The third-order valence-corrected chi connectivity index (χ3v) is 2.94. The fourth-order valence-electron chi connectivity index (χ4n) is 1.82. The minimum absolute atomic E-state index is 0.382. The molecule has 0 fully saturated rings. The van der Waals surface area contributed by atoms with Gasteiger partial charge in [0.25, 0.3) is 0 Å². The number of rotatable bonds is 5. The molecule has 0 spiro atoms. The molecule has 1 N–H and O–H groups in total. The molecule has 2 aromatic rings. The molecule has 6 nitrogen and oxygen atoms in total. The van der Waals surface area contributed by atoms with E-state index < -0.39 is 6.10 Å². The molecule has 102 valence electrons. The van der Waals surface area contributed by atoms with Crippen molar-refractivity contribution in [2.75, 3.05) is 14.2 Å². The maximum Gasteiger partial charge on any atom is 0.138 e. The van der Waals surface area contributed by atoms with Gasteiger partial charge in [-0.05, 0) is 17.7 Å². The number of hydrogen-bond acceptors (Lipinski definition) is 5. The molecule has 1 unspecified atom stereocenters. The van der Waals surface area contributed by atoms with Gasteiger partial charge in [0.15, 0.2) is 0 Å². The first-order valence-corrected chi connectivity index (χ1v) is 5.88. The highest BCUT2D eigenvalue weighted by molar-refractivity contribution is 5.39. The lowest BCUT2D eigenvalue weighted by Gasteiger charge is -2.13. The van der Waals surface area contributed by atoms with Gasteiger partial charge in [-0.1, -0.05) is 0 Å². The van der Waals surface area contributed by atoms with E-state index in [4.69, 9.17) is 9.47 Å². The Morgan fingerprint density at radius 1 is 1.21 bits per heavy atom. The number of methoxy groups -OCH3 is 2. The van der Waals surface area contributed by atoms with Gasteiger partial charge in [-0.2, -0.15) is 5.10 Å². The smallest absolute Gasteiger partial charge is 0.138 e. The van der Waals surface area contributed by atoms with Gasteiger partial charge in [0, 0.05) is 19.5 Å². The van der Waals surface area contributed by atoms with Gasteiger partial charge in [0.1, 0.15) is 23.7 Å². The molecule has 0 saturated carbocycles. The first-order chi connectivity index (χ1) is 9.13. The molecule has 0 aliphatic heterocycles. The SMILES string of the molecule is COc1cc(OC)cc(C(O)Cc2ncnn2C)c1. The summed E-state index contributed by atoms with van der Waals surface area (Å²) in [5, 5.41) is 14.2. The van der Waals surface area contributed by atoms with Crippen molar-refractivity contribution in [1.29, 1.82) is 0 Å². The molecular weight excluding hydrogens is 246 g/mol. The highest BCUT2D eigenvalue weighted by atomic mass is 16.5. The van der Waals surface area contributed by atoms with Crippen molar-refractivity contribution in [3.05, 3.63) is 35.9 Å². The second kappa shape index (κ2) is 5.71. The van der Waals surface area contributed by atoms with Crippen LogP contribution in [-0.4, -0.2) is 34.1 Å². The van der Waals surface area contributed by atoms with E-state index in [1.54, 1.807) is 44.1 Å². The Labute approximate surface area is 111 Å². The van der Waals surface area contributed by atoms with Crippen LogP contribution in [0.2, 0.25) is 0 Å². The number of benzene rings is 1. The Morgan fingerprint density at radius 3 is 2.32 bits per heavy atom. The largest absolute Gasteiger partial charge is 0.497 e. The van der Waals surface area contributed by atoms with Crippen LogP contribution < -0.4 is 9.47 Å². The number of aliphatic hydroxyl groups excluding tert-OH is 1. The van der Waals surface area contributed by atoms with Gasteiger partial charge < -0.3 is 14.6 Å². The van der Waals surface area contributed by atoms with Crippen molar-refractivity contribution >= 4 is 0 Å². The molecule has 1 heterocycles. The number of ether oxygens (including phenoxy) is 2. The Kier molecular flexibility index (Phi) is 4.01. The molecule has 1 aromatic heterocycles. The van der Waals surface area contributed by atoms with Crippen LogP contribution in [-0.2, 0) is 13.5 Å². The Morgan fingerprint density at radius 2 is 1.84 bits per heavy atom. The van der Waals surface area contributed by atoms with E-state index in [0.29, 0.717) is 23.7 Å². The van der Waals surface area contributed by atoms with Crippen LogP contribution in [0.5, 0.6) is 11.5 Å².